The zero-order valence-electron chi connectivity index (χ0n) is 10.6. The molecule has 0 aromatic heterocycles. The summed E-state index contributed by atoms with van der Waals surface area (Å²) in [4.78, 5) is 13.5. The van der Waals surface area contributed by atoms with Crippen LogP contribution < -0.4 is 10.6 Å². The van der Waals surface area contributed by atoms with Crippen molar-refractivity contribution in [2.24, 2.45) is 0 Å². The van der Waals surface area contributed by atoms with Gasteiger partial charge in [-0.25, -0.2) is 0 Å². The summed E-state index contributed by atoms with van der Waals surface area (Å²) in [6, 6.07) is 0.530. The lowest BCUT2D eigenvalue weighted by Gasteiger charge is -2.21. The molecule has 4 nitrogen and oxygen atoms in total. The standard InChI is InChI=1S/C12H25N3O/c1-11(10-15-8-3-4-9-15)14-7-5-6-12(16)13-2/h11,14H,3-10H2,1-2H3,(H,13,16). The molecule has 0 radical (unpaired) electrons. The third-order valence-electron chi connectivity index (χ3n) is 3.08. The molecule has 0 saturated carbocycles. The van der Waals surface area contributed by atoms with E-state index >= 15 is 0 Å². The molecule has 16 heavy (non-hydrogen) atoms. The molecule has 1 heterocycles. The van der Waals surface area contributed by atoms with Gasteiger partial charge in [-0.15, -0.1) is 0 Å². The SMILES string of the molecule is CNC(=O)CCCNC(C)CN1CCCC1. The molecule has 0 spiro atoms. The predicted octanol–water partition coefficient (Wildman–Crippen LogP) is 0.587. The summed E-state index contributed by atoms with van der Waals surface area (Å²) in [5.74, 6) is 0.133. The second-order valence-electron chi connectivity index (χ2n) is 4.64. The van der Waals surface area contributed by atoms with Crippen molar-refractivity contribution in [1.82, 2.24) is 15.5 Å². The van der Waals surface area contributed by atoms with Crippen LogP contribution in [-0.2, 0) is 4.79 Å². The number of nitrogens with one attached hydrogen (secondary N) is 2. The number of hydrogen-bond donors (Lipinski definition) is 2. The Kier molecular flexibility index (Phi) is 6.42. The predicted molar refractivity (Wildman–Crippen MR) is 66.4 cm³/mol. The summed E-state index contributed by atoms with van der Waals surface area (Å²) in [7, 11) is 1.69. The van der Waals surface area contributed by atoms with Gasteiger partial charge in [0.15, 0.2) is 0 Å². The van der Waals surface area contributed by atoms with Gasteiger partial charge in [0, 0.05) is 26.1 Å². The van der Waals surface area contributed by atoms with E-state index < -0.39 is 0 Å². The molecular formula is C12H25N3O. The zero-order chi connectivity index (χ0) is 11.8. The normalized spacial score (nSPS) is 18.6. The van der Waals surface area contributed by atoms with Gasteiger partial charge >= 0.3 is 0 Å². The molecule has 2 N–H and O–H groups in total. The number of carbonyl (C=O) groups is 1. The van der Waals surface area contributed by atoms with E-state index in [9.17, 15) is 4.79 Å². The molecule has 1 aliphatic rings. The minimum Gasteiger partial charge on any atom is -0.359 e. The highest BCUT2D eigenvalue weighted by Gasteiger charge is 2.13. The van der Waals surface area contributed by atoms with Crippen LogP contribution >= 0.6 is 0 Å². The van der Waals surface area contributed by atoms with Gasteiger partial charge in [0.05, 0.1) is 0 Å². The maximum atomic E-state index is 11.0. The Morgan fingerprint density at radius 1 is 1.38 bits per heavy atom. The summed E-state index contributed by atoms with van der Waals surface area (Å²) in [5.41, 5.74) is 0. The van der Waals surface area contributed by atoms with Gasteiger partial charge in [-0.1, -0.05) is 0 Å². The number of amides is 1. The van der Waals surface area contributed by atoms with Crippen LogP contribution in [0.1, 0.15) is 32.6 Å². The van der Waals surface area contributed by atoms with Gasteiger partial charge in [-0.05, 0) is 45.8 Å². The van der Waals surface area contributed by atoms with E-state index in [-0.39, 0.29) is 5.91 Å². The Balaban J connectivity index is 1.97. The van der Waals surface area contributed by atoms with E-state index in [1.165, 1.54) is 25.9 Å². The Morgan fingerprint density at radius 3 is 2.69 bits per heavy atom. The first-order valence-corrected chi connectivity index (χ1v) is 6.38. The molecule has 1 atom stereocenters. The molecule has 0 aromatic rings. The van der Waals surface area contributed by atoms with E-state index in [2.05, 4.69) is 22.5 Å². The molecule has 1 amide bonds. The molecule has 94 valence electrons. The molecule has 0 aliphatic carbocycles. The lowest BCUT2D eigenvalue weighted by Crippen LogP contribution is -2.38. The molecule has 0 bridgehead atoms. The first-order chi connectivity index (χ1) is 7.72. The monoisotopic (exact) mass is 227 g/mol. The fourth-order valence-electron chi connectivity index (χ4n) is 2.14. The Morgan fingerprint density at radius 2 is 2.06 bits per heavy atom. The average Bonchev–Trinajstić information content (AvgIpc) is 2.76. The van der Waals surface area contributed by atoms with Gasteiger partial charge in [-0.2, -0.15) is 0 Å². The zero-order valence-corrected chi connectivity index (χ0v) is 10.6. The van der Waals surface area contributed by atoms with Crippen molar-refractivity contribution in [1.29, 1.82) is 0 Å². The van der Waals surface area contributed by atoms with Gasteiger partial charge < -0.3 is 15.5 Å². The van der Waals surface area contributed by atoms with E-state index in [0.29, 0.717) is 12.5 Å². The number of nitrogens with zero attached hydrogens (tertiary/aromatic N) is 1. The fraction of sp³-hybridized carbons (Fsp3) is 0.917. The maximum absolute atomic E-state index is 11.0. The molecule has 1 unspecified atom stereocenters. The third-order valence-corrected chi connectivity index (χ3v) is 3.08. The fourth-order valence-corrected chi connectivity index (χ4v) is 2.14. The van der Waals surface area contributed by atoms with E-state index in [1.54, 1.807) is 7.05 Å². The Bertz CT molecular complexity index is 202. The second kappa shape index (κ2) is 7.63. The molecule has 1 fully saturated rings. The van der Waals surface area contributed by atoms with E-state index in [0.717, 1.165) is 19.5 Å². The molecule has 1 aliphatic heterocycles. The largest absolute Gasteiger partial charge is 0.359 e. The molecule has 1 rings (SSSR count). The quantitative estimate of drug-likeness (QED) is 0.626. The topological polar surface area (TPSA) is 44.4 Å². The molecule has 0 aromatic carbocycles. The first kappa shape index (κ1) is 13.5. The van der Waals surface area contributed by atoms with Crippen LogP contribution in [0, 0.1) is 0 Å². The van der Waals surface area contributed by atoms with Crippen LogP contribution in [-0.4, -0.2) is 50.1 Å². The number of rotatable bonds is 7. The lowest BCUT2D eigenvalue weighted by atomic mass is 10.2. The lowest BCUT2D eigenvalue weighted by molar-refractivity contribution is -0.120. The van der Waals surface area contributed by atoms with Crippen LogP contribution in [0.3, 0.4) is 0 Å². The summed E-state index contributed by atoms with van der Waals surface area (Å²) < 4.78 is 0. The number of carbonyl (C=O) groups excluding carboxylic acids is 1. The summed E-state index contributed by atoms with van der Waals surface area (Å²) >= 11 is 0. The van der Waals surface area contributed by atoms with Crippen LogP contribution in [0.4, 0.5) is 0 Å². The van der Waals surface area contributed by atoms with Gasteiger partial charge in [0.25, 0.3) is 0 Å². The van der Waals surface area contributed by atoms with Crippen molar-refractivity contribution in [3.05, 3.63) is 0 Å². The van der Waals surface area contributed by atoms with Crippen molar-refractivity contribution in [2.75, 3.05) is 33.2 Å². The van der Waals surface area contributed by atoms with E-state index in [1.807, 2.05) is 0 Å². The average molecular weight is 227 g/mol. The third kappa shape index (κ3) is 5.47. The van der Waals surface area contributed by atoms with Gasteiger partial charge in [-0.3, -0.25) is 4.79 Å². The molecule has 4 heteroatoms. The minimum atomic E-state index is 0.133. The van der Waals surface area contributed by atoms with Crippen LogP contribution in [0.2, 0.25) is 0 Å². The summed E-state index contributed by atoms with van der Waals surface area (Å²) in [6.07, 6.45) is 4.25. The summed E-state index contributed by atoms with van der Waals surface area (Å²) in [6.45, 7) is 6.80. The van der Waals surface area contributed by atoms with Crippen molar-refractivity contribution in [3.63, 3.8) is 0 Å². The van der Waals surface area contributed by atoms with Gasteiger partial charge in [0.2, 0.25) is 5.91 Å². The van der Waals surface area contributed by atoms with E-state index in [4.69, 9.17) is 0 Å². The maximum Gasteiger partial charge on any atom is 0.219 e. The number of hydrogen-bond acceptors (Lipinski definition) is 3. The van der Waals surface area contributed by atoms with Gasteiger partial charge in [0.1, 0.15) is 0 Å². The highest BCUT2D eigenvalue weighted by atomic mass is 16.1. The molecule has 1 saturated heterocycles. The molecular weight excluding hydrogens is 202 g/mol. The highest BCUT2D eigenvalue weighted by molar-refractivity contribution is 5.75. The Hall–Kier alpha value is -0.610. The van der Waals surface area contributed by atoms with Crippen molar-refractivity contribution in [3.8, 4) is 0 Å². The van der Waals surface area contributed by atoms with Crippen molar-refractivity contribution < 1.29 is 4.79 Å². The van der Waals surface area contributed by atoms with Crippen LogP contribution in [0.5, 0.6) is 0 Å². The number of likely N-dealkylation sites (tertiary alicyclic amines) is 1. The van der Waals surface area contributed by atoms with Crippen LogP contribution in [0.25, 0.3) is 0 Å². The van der Waals surface area contributed by atoms with Crippen molar-refractivity contribution in [2.45, 2.75) is 38.6 Å². The van der Waals surface area contributed by atoms with Crippen LogP contribution in [0.15, 0.2) is 0 Å². The van der Waals surface area contributed by atoms with Crippen molar-refractivity contribution >= 4 is 5.91 Å². The second-order valence-corrected chi connectivity index (χ2v) is 4.64. The Labute approximate surface area is 98.8 Å². The minimum absolute atomic E-state index is 0.133. The highest BCUT2D eigenvalue weighted by Crippen LogP contribution is 2.07. The first-order valence-electron chi connectivity index (χ1n) is 6.38. The smallest absolute Gasteiger partial charge is 0.219 e. The summed E-state index contributed by atoms with van der Waals surface area (Å²) in [5, 5.41) is 6.10.